The van der Waals surface area contributed by atoms with Crippen LogP contribution in [0.5, 0.6) is 5.75 Å². The molecule has 0 spiro atoms. The van der Waals surface area contributed by atoms with E-state index in [0.29, 0.717) is 37.2 Å². The second-order valence-corrected chi connectivity index (χ2v) is 6.28. The van der Waals surface area contributed by atoms with Gasteiger partial charge in [0, 0.05) is 31.9 Å². The Morgan fingerprint density at radius 3 is 2.76 bits per heavy atom. The van der Waals surface area contributed by atoms with E-state index in [-0.39, 0.29) is 0 Å². The first-order chi connectivity index (χ1) is 12.0. The number of aromatic nitrogens is 4. The van der Waals surface area contributed by atoms with E-state index < -0.39 is 6.09 Å². The van der Waals surface area contributed by atoms with Crippen molar-refractivity contribution in [2.45, 2.75) is 19.8 Å². The van der Waals surface area contributed by atoms with Gasteiger partial charge in [-0.25, -0.2) is 9.78 Å². The Morgan fingerprint density at radius 1 is 1.44 bits per heavy atom. The highest BCUT2D eigenvalue weighted by molar-refractivity contribution is 5.65. The summed E-state index contributed by atoms with van der Waals surface area (Å²) >= 11 is 0. The molecule has 0 radical (unpaired) electrons. The Labute approximate surface area is 145 Å². The first kappa shape index (κ1) is 17.0. The minimum Gasteiger partial charge on any atom is -0.489 e. The maximum atomic E-state index is 10.9. The molecule has 134 valence electrons. The molecule has 0 unspecified atom stereocenters. The number of hydrogen-bond acceptors (Lipinski definition) is 6. The summed E-state index contributed by atoms with van der Waals surface area (Å²) in [5.41, 5.74) is 8.40. The molecule has 1 aliphatic heterocycles. The maximum Gasteiger partial charge on any atom is 0.407 e. The molecular formula is C16H22N6O3. The van der Waals surface area contributed by atoms with Gasteiger partial charge in [0.15, 0.2) is 11.6 Å². The Balaban J connectivity index is 1.66. The van der Waals surface area contributed by atoms with Crippen molar-refractivity contribution in [1.82, 2.24) is 24.9 Å². The smallest absolute Gasteiger partial charge is 0.407 e. The number of amides is 1. The van der Waals surface area contributed by atoms with E-state index in [9.17, 15) is 4.79 Å². The Kier molecular flexibility index (Phi) is 4.73. The number of carboxylic acid groups (broad SMARTS) is 1. The number of nitrogens with two attached hydrogens (primary N) is 1. The van der Waals surface area contributed by atoms with Gasteiger partial charge < -0.3 is 20.5 Å². The summed E-state index contributed by atoms with van der Waals surface area (Å²) < 4.78 is 7.57. The number of nitrogens with zero attached hydrogens (tertiary/aromatic N) is 5. The van der Waals surface area contributed by atoms with Crippen molar-refractivity contribution in [3.05, 3.63) is 18.0 Å². The van der Waals surface area contributed by atoms with Crippen molar-refractivity contribution >= 4 is 11.9 Å². The van der Waals surface area contributed by atoms with Gasteiger partial charge >= 0.3 is 6.09 Å². The van der Waals surface area contributed by atoms with Gasteiger partial charge in [0.25, 0.3) is 0 Å². The summed E-state index contributed by atoms with van der Waals surface area (Å²) in [7, 11) is 1.83. The third-order valence-electron chi connectivity index (χ3n) is 4.62. The number of rotatable bonds is 4. The standard InChI is InChI=1S/C16H22N6O3/c1-10-14(19-20-21(10)2)12-7-13(15(17)18-8-12)25-9-11-3-5-22(6-4-11)16(23)24/h7-8,11H,3-6,9H2,1-2H3,(H2,17,18)(H,23,24). The highest BCUT2D eigenvalue weighted by atomic mass is 16.5. The number of hydrogen-bond donors (Lipinski definition) is 2. The summed E-state index contributed by atoms with van der Waals surface area (Å²) in [5, 5.41) is 17.1. The van der Waals surface area contributed by atoms with Crippen LogP contribution in [-0.2, 0) is 7.05 Å². The van der Waals surface area contributed by atoms with Crippen LogP contribution in [-0.4, -0.2) is 55.8 Å². The van der Waals surface area contributed by atoms with Crippen LogP contribution in [0, 0.1) is 12.8 Å². The third kappa shape index (κ3) is 3.65. The molecule has 3 N–H and O–H groups in total. The Hall–Kier alpha value is -2.84. The fraction of sp³-hybridized carbons (Fsp3) is 0.500. The van der Waals surface area contributed by atoms with Crippen LogP contribution >= 0.6 is 0 Å². The van der Waals surface area contributed by atoms with Crippen LogP contribution in [0.15, 0.2) is 12.3 Å². The van der Waals surface area contributed by atoms with Crippen LogP contribution in [0.4, 0.5) is 10.6 Å². The number of pyridine rings is 1. The zero-order valence-electron chi connectivity index (χ0n) is 14.3. The molecule has 1 amide bonds. The topological polar surface area (TPSA) is 119 Å². The number of likely N-dealkylation sites (tertiary alicyclic amines) is 1. The Bertz CT molecular complexity index is 767. The average molecular weight is 346 g/mol. The summed E-state index contributed by atoms with van der Waals surface area (Å²) in [6, 6.07) is 1.83. The van der Waals surface area contributed by atoms with Gasteiger partial charge in [0.05, 0.1) is 12.3 Å². The van der Waals surface area contributed by atoms with Crippen LogP contribution in [0.25, 0.3) is 11.3 Å². The quantitative estimate of drug-likeness (QED) is 0.861. The molecule has 3 rings (SSSR count). The average Bonchev–Trinajstić information content (AvgIpc) is 2.94. The maximum absolute atomic E-state index is 10.9. The van der Waals surface area contributed by atoms with Crippen LogP contribution in [0.1, 0.15) is 18.5 Å². The number of anilines is 1. The number of ether oxygens (including phenoxy) is 1. The predicted molar refractivity (Wildman–Crippen MR) is 91.2 cm³/mol. The molecular weight excluding hydrogens is 324 g/mol. The van der Waals surface area contributed by atoms with Crippen molar-refractivity contribution < 1.29 is 14.6 Å². The fourth-order valence-corrected chi connectivity index (χ4v) is 2.87. The van der Waals surface area contributed by atoms with Gasteiger partial charge in [0.2, 0.25) is 0 Å². The minimum atomic E-state index is -0.861. The molecule has 3 heterocycles. The highest BCUT2D eigenvalue weighted by Crippen LogP contribution is 2.28. The van der Waals surface area contributed by atoms with Crippen LogP contribution in [0.3, 0.4) is 0 Å². The molecule has 2 aromatic rings. The van der Waals surface area contributed by atoms with Crippen LogP contribution in [0.2, 0.25) is 0 Å². The van der Waals surface area contributed by atoms with E-state index in [0.717, 1.165) is 29.8 Å². The second-order valence-electron chi connectivity index (χ2n) is 6.28. The molecule has 0 aromatic carbocycles. The van der Waals surface area contributed by atoms with Gasteiger partial charge in [-0.1, -0.05) is 5.21 Å². The summed E-state index contributed by atoms with van der Waals surface area (Å²) in [6.45, 7) is 3.50. The zero-order chi connectivity index (χ0) is 18.0. The lowest BCUT2D eigenvalue weighted by atomic mass is 9.98. The van der Waals surface area contributed by atoms with Gasteiger partial charge in [-0.3, -0.25) is 4.68 Å². The second kappa shape index (κ2) is 6.96. The zero-order valence-corrected chi connectivity index (χ0v) is 14.3. The third-order valence-corrected chi connectivity index (χ3v) is 4.62. The number of piperidine rings is 1. The molecule has 2 aromatic heterocycles. The van der Waals surface area contributed by atoms with E-state index in [2.05, 4.69) is 15.3 Å². The first-order valence-electron chi connectivity index (χ1n) is 8.18. The molecule has 0 atom stereocenters. The predicted octanol–water partition coefficient (Wildman–Crippen LogP) is 1.54. The fourth-order valence-electron chi connectivity index (χ4n) is 2.87. The van der Waals surface area contributed by atoms with Gasteiger partial charge in [-0.15, -0.1) is 5.10 Å². The van der Waals surface area contributed by atoms with Crippen molar-refractivity contribution in [1.29, 1.82) is 0 Å². The SMILES string of the molecule is Cc1c(-c2cnc(N)c(OCC3CCN(C(=O)O)CC3)c2)nnn1C. The molecule has 0 aliphatic carbocycles. The largest absolute Gasteiger partial charge is 0.489 e. The lowest BCUT2D eigenvalue weighted by molar-refractivity contribution is 0.112. The normalized spacial score (nSPS) is 15.4. The summed E-state index contributed by atoms with van der Waals surface area (Å²) in [4.78, 5) is 16.6. The van der Waals surface area contributed by atoms with Crippen molar-refractivity contribution in [3.8, 4) is 17.0 Å². The lowest BCUT2D eigenvalue weighted by Gasteiger charge is -2.29. The minimum absolute atomic E-state index is 0.303. The van der Waals surface area contributed by atoms with Crippen molar-refractivity contribution in [2.24, 2.45) is 13.0 Å². The van der Waals surface area contributed by atoms with E-state index in [4.69, 9.17) is 15.6 Å². The first-order valence-corrected chi connectivity index (χ1v) is 8.18. The van der Waals surface area contributed by atoms with Crippen LogP contribution < -0.4 is 10.5 Å². The van der Waals surface area contributed by atoms with Gasteiger partial charge in [-0.05, 0) is 31.7 Å². The van der Waals surface area contributed by atoms with Gasteiger partial charge in [0.1, 0.15) is 5.69 Å². The summed E-state index contributed by atoms with van der Waals surface area (Å²) in [5.74, 6) is 1.15. The monoisotopic (exact) mass is 346 g/mol. The van der Waals surface area contributed by atoms with E-state index >= 15 is 0 Å². The highest BCUT2D eigenvalue weighted by Gasteiger charge is 2.23. The Morgan fingerprint density at radius 2 is 2.16 bits per heavy atom. The number of aryl methyl sites for hydroxylation is 1. The number of carbonyl (C=O) groups is 1. The van der Waals surface area contributed by atoms with E-state index in [1.807, 2.05) is 20.0 Å². The molecule has 9 heteroatoms. The van der Waals surface area contributed by atoms with Crippen molar-refractivity contribution in [2.75, 3.05) is 25.4 Å². The van der Waals surface area contributed by atoms with E-state index in [1.165, 1.54) is 4.90 Å². The summed E-state index contributed by atoms with van der Waals surface area (Å²) in [6.07, 6.45) is 2.36. The lowest BCUT2D eigenvalue weighted by Crippen LogP contribution is -2.38. The van der Waals surface area contributed by atoms with Crippen molar-refractivity contribution in [3.63, 3.8) is 0 Å². The molecule has 0 saturated carbocycles. The molecule has 1 fully saturated rings. The molecule has 9 nitrogen and oxygen atoms in total. The van der Waals surface area contributed by atoms with Gasteiger partial charge in [-0.2, -0.15) is 0 Å². The van der Waals surface area contributed by atoms with E-state index in [1.54, 1.807) is 10.9 Å². The molecule has 25 heavy (non-hydrogen) atoms. The molecule has 1 saturated heterocycles. The molecule has 1 aliphatic rings. The molecule has 0 bridgehead atoms. The number of nitrogen functional groups attached to an aromatic ring is 1.